The second-order valence-electron chi connectivity index (χ2n) is 17.0. The van der Waals surface area contributed by atoms with E-state index in [-0.39, 0.29) is 23.7 Å². The summed E-state index contributed by atoms with van der Waals surface area (Å²) in [4.78, 5) is 7.48. The molecule has 0 aliphatic carbocycles. The number of benzene rings is 3. The van der Waals surface area contributed by atoms with Gasteiger partial charge in [0.1, 0.15) is 0 Å². The average molecular weight is 983 g/mol. The second-order valence-corrected chi connectivity index (χ2v) is 24.4. The van der Waals surface area contributed by atoms with Gasteiger partial charge in [-0.05, 0) is 58.9 Å². The van der Waals surface area contributed by atoms with Gasteiger partial charge in [0, 0.05) is 31.2 Å². The molecule has 0 bridgehead atoms. The van der Waals surface area contributed by atoms with E-state index in [2.05, 4.69) is 18.7 Å². The molecule has 0 spiro atoms. The molecule has 2 aliphatic heterocycles. The summed E-state index contributed by atoms with van der Waals surface area (Å²) in [5, 5.41) is 3.80. The Morgan fingerprint density at radius 1 is 0.785 bits per heavy atom. The van der Waals surface area contributed by atoms with Crippen LogP contribution in [0.1, 0.15) is 57.0 Å². The maximum Gasteiger partial charge on any atom is 0.534 e. The first-order valence-corrected chi connectivity index (χ1v) is 25.0. The second kappa shape index (κ2) is 18.7. The lowest BCUT2D eigenvalue weighted by molar-refractivity contribution is -0.0823. The van der Waals surface area contributed by atoms with Crippen LogP contribution in [0.3, 0.4) is 0 Å². The summed E-state index contributed by atoms with van der Waals surface area (Å²) >= 11 is 0. The molecule has 1 saturated heterocycles. The van der Waals surface area contributed by atoms with Crippen molar-refractivity contribution in [1.82, 2.24) is 14.8 Å². The lowest BCUT2D eigenvalue weighted by Gasteiger charge is -2.45. The third-order valence-corrected chi connectivity index (χ3v) is 18.1. The first-order chi connectivity index (χ1) is 30.2. The molecule has 1 fully saturated rings. The molecule has 3 aromatic carbocycles. The van der Waals surface area contributed by atoms with E-state index in [9.17, 15) is 47.6 Å². The van der Waals surface area contributed by atoms with Crippen molar-refractivity contribution in [2.75, 3.05) is 44.8 Å². The number of aromatic nitrogens is 1. The zero-order chi connectivity index (χ0) is 47.8. The van der Waals surface area contributed by atoms with Gasteiger partial charge in [-0.2, -0.15) is 43.2 Å². The molecule has 2 aliphatic rings. The first-order valence-electron chi connectivity index (χ1n) is 20.3. The number of nitrogens with one attached hydrogen (secondary N) is 1. The number of nitrogens with zero attached hydrogens (tertiary/aromatic N) is 3. The summed E-state index contributed by atoms with van der Waals surface area (Å²) in [5.74, 6) is -7.06. The number of alkyl halides is 9. The Morgan fingerprint density at radius 2 is 1.35 bits per heavy atom. The van der Waals surface area contributed by atoms with E-state index in [1.165, 1.54) is 25.3 Å². The standard InChI is InChI=1S/C42H47F9N4O7S2Si/c1-28-22-29-16-19-35(61-63(56,57)41(46,47)48)38(62-64(58,59)42(49,50)51)36(29)37(34-18-17-30(23-52-34)53-31-24-54(25-31)21-11-20-43)55(28)26-40(44,45)27-60-65(39(2,3)4,32-12-7-5-8-13-32)33-14-9-6-10-15-33/h5-10,12-19,23,28,31,37,53H,11,20-22,24-27H2,1-4H3/t28-,37-/m1/s1. The highest BCUT2D eigenvalue weighted by molar-refractivity contribution is 7.88. The van der Waals surface area contributed by atoms with E-state index in [0.717, 1.165) is 11.0 Å². The van der Waals surface area contributed by atoms with Crippen molar-refractivity contribution in [2.24, 2.45) is 0 Å². The fourth-order valence-corrected chi connectivity index (χ4v) is 13.8. The Morgan fingerprint density at radius 3 is 1.86 bits per heavy atom. The fourth-order valence-electron chi connectivity index (χ4n) is 8.30. The van der Waals surface area contributed by atoms with Crippen molar-refractivity contribution < 1.29 is 69.1 Å². The normalized spacial score (nSPS) is 18.5. The van der Waals surface area contributed by atoms with Crippen LogP contribution in [0.5, 0.6) is 11.5 Å². The van der Waals surface area contributed by atoms with Crippen LogP contribution < -0.4 is 24.1 Å². The number of halogens is 9. The van der Waals surface area contributed by atoms with Gasteiger partial charge in [-0.1, -0.05) is 87.5 Å². The quantitative estimate of drug-likeness (QED) is 0.0488. The third kappa shape index (κ3) is 10.7. The van der Waals surface area contributed by atoms with Crippen molar-refractivity contribution in [2.45, 2.75) is 80.6 Å². The van der Waals surface area contributed by atoms with E-state index in [1.807, 2.05) is 25.7 Å². The summed E-state index contributed by atoms with van der Waals surface area (Å²) in [7, 11) is -17.1. The first kappa shape index (κ1) is 50.0. The SMILES string of the molecule is C[C@@H]1Cc2ccc(OS(=O)(=O)C(F)(F)F)c(OS(=O)(=O)C(F)(F)F)c2[C@@H](c2ccc(NC3CN(CCCF)C3)cn2)N1CC(F)(F)CO[Si](c1ccccc1)(c1ccccc1)C(C)(C)C. The Bertz CT molecular complexity index is 2450. The molecule has 0 amide bonds. The highest BCUT2D eigenvalue weighted by Gasteiger charge is 2.55. The fraction of sp³-hybridized carbons (Fsp3) is 0.452. The summed E-state index contributed by atoms with van der Waals surface area (Å²) in [6.45, 7) is 5.77. The zero-order valence-electron chi connectivity index (χ0n) is 35.5. The smallest absolute Gasteiger partial charge is 0.401 e. The molecule has 6 rings (SSSR count). The van der Waals surface area contributed by atoms with Gasteiger partial charge in [0.25, 0.3) is 14.2 Å². The molecular weight excluding hydrogens is 936 g/mol. The largest absolute Gasteiger partial charge is 0.534 e. The highest BCUT2D eigenvalue weighted by Crippen LogP contribution is 2.49. The van der Waals surface area contributed by atoms with Crippen LogP contribution in [0.4, 0.5) is 45.2 Å². The number of likely N-dealkylation sites (tertiary alicyclic amines) is 1. The molecule has 4 aromatic rings. The summed E-state index contributed by atoms with van der Waals surface area (Å²) in [5.41, 5.74) is -13.0. The van der Waals surface area contributed by atoms with Gasteiger partial charge in [0.05, 0.1) is 49.5 Å². The van der Waals surface area contributed by atoms with Crippen LogP contribution in [0.2, 0.25) is 5.04 Å². The molecule has 11 nitrogen and oxygen atoms in total. The third-order valence-electron chi connectivity index (χ3n) is 11.2. The lowest BCUT2D eigenvalue weighted by atomic mass is 9.85. The highest BCUT2D eigenvalue weighted by atomic mass is 32.2. The minimum absolute atomic E-state index is 0.0957. The molecule has 3 heterocycles. The van der Waals surface area contributed by atoms with Crippen LogP contribution in [-0.2, 0) is 31.1 Å². The number of hydrogen-bond donors (Lipinski definition) is 1. The van der Waals surface area contributed by atoms with Crippen LogP contribution in [-0.4, -0.2) is 108 Å². The van der Waals surface area contributed by atoms with Crippen molar-refractivity contribution in [3.05, 3.63) is 108 Å². The van der Waals surface area contributed by atoms with E-state index in [0.29, 0.717) is 48.2 Å². The number of fused-ring (bicyclic) bond motifs is 1. The van der Waals surface area contributed by atoms with E-state index < -0.39 is 99.5 Å². The Balaban J connectivity index is 1.46. The van der Waals surface area contributed by atoms with Gasteiger partial charge in [-0.3, -0.25) is 19.2 Å². The van der Waals surface area contributed by atoms with E-state index >= 15 is 8.78 Å². The predicted molar refractivity (Wildman–Crippen MR) is 227 cm³/mol. The van der Waals surface area contributed by atoms with Crippen LogP contribution >= 0.6 is 0 Å². The maximum atomic E-state index is 17.0. The van der Waals surface area contributed by atoms with Crippen LogP contribution in [0.25, 0.3) is 0 Å². The minimum Gasteiger partial charge on any atom is -0.401 e. The van der Waals surface area contributed by atoms with Crippen molar-refractivity contribution in [3.8, 4) is 11.5 Å². The van der Waals surface area contributed by atoms with Crippen molar-refractivity contribution >= 4 is 44.6 Å². The Kier molecular flexibility index (Phi) is 14.4. The maximum absolute atomic E-state index is 17.0. The van der Waals surface area contributed by atoms with Gasteiger partial charge in [0.15, 0.2) is 11.5 Å². The summed E-state index contributed by atoms with van der Waals surface area (Å²) in [6.07, 6.45) is 1.28. The molecular formula is C42H47F9N4O7S2Si. The molecule has 0 unspecified atom stereocenters. The molecule has 23 heteroatoms. The topological polar surface area (TPSA) is 127 Å². The number of rotatable bonds is 17. The van der Waals surface area contributed by atoms with E-state index in [1.54, 1.807) is 60.7 Å². The Hall–Kier alpha value is -4.42. The summed E-state index contributed by atoms with van der Waals surface area (Å²) in [6, 6.07) is 19.0. The summed E-state index contributed by atoms with van der Waals surface area (Å²) < 4.78 is 195. The lowest BCUT2D eigenvalue weighted by Crippen LogP contribution is -2.67. The van der Waals surface area contributed by atoms with Gasteiger partial charge in [0.2, 0.25) is 0 Å². The molecule has 2 atom stereocenters. The predicted octanol–water partition coefficient (Wildman–Crippen LogP) is 7.54. The van der Waals surface area contributed by atoms with Gasteiger partial charge < -0.3 is 18.1 Å². The molecule has 65 heavy (non-hydrogen) atoms. The number of hydrogen-bond acceptors (Lipinski definition) is 11. The monoisotopic (exact) mass is 982 g/mol. The number of anilines is 1. The van der Waals surface area contributed by atoms with Crippen molar-refractivity contribution in [1.29, 1.82) is 0 Å². The van der Waals surface area contributed by atoms with Crippen LogP contribution in [0.15, 0.2) is 91.1 Å². The Labute approximate surface area is 372 Å². The molecule has 0 saturated carbocycles. The van der Waals surface area contributed by atoms with E-state index in [4.69, 9.17) is 4.43 Å². The molecule has 1 N–H and O–H groups in total. The molecule has 0 radical (unpaired) electrons. The van der Waals surface area contributed by atoms with Gasteiger partial charge >= 0.3 is 31.3 Å². The van der Waals surface area contributed by atoms with Gasteiger partial charge in [-0.25, -0.2) is 8.78 Å². The minimum atomic E-state index is -6.78. The average Bonchev–Trinajstić information content (AvgIpc) is 3.20. The zero-order valence-corrected chi connectivity index (χ0v) is 38.1. The van der Waals surface area contributed by atoms with Gasteiger partial charge in [-0.15, -0.1) is 0 Å². The van der Waals surface area contributed by atoms with Crippen LogP contribution in [0, 0.1) is 0 Å². The molecule has 356 valence electrons. The number of pyridine rings is 1. The van der Waals surface area contributed by atoms with Crippen molar-refractivity contribution in [3.63, 3.8) is 0 Å². The molecule has 1 aromatic heterocycles.